The summed E-state index contributed by atoms with van der Waals surface area (Å²) < 4.78 is 5.03. The number of hydrogen-bond donors (Lipinski definition) is 1. The highest BCUT2D eigenvalue weighted by Crippen LogP contribution is 2.34. The molecule has 15 heavy (non-hydrogen) atoms. The van der Waals surface area contributed by atoms with Crippen LogP contribution in [0.15, 0.2) is 16.6 Å². The quantitative estimate of drug-likeness (QED) is 0.292. The molecule has 1 aromatic carbocycles. The fraction of sp³-hybridized carbons (Fsp3) is 0.125. The lowest BCUT2D eigenvalue weighted by molar-refractivity contribution is -0.385. The Labute approximate surface area is 93.3 Å². The van der Waals surface area contributed by atoms with E-state index in [4.69, 9.17) is 10.5 Å². The third-order valence-corrected chi connectivity index (χ3v) is 2.20. The van der Waals surface area contributed by atoms with E-state index in [1.807, 2.05) is 0 Å². The molecule has 0 heterocycles. The maximum atomic E-state index is 10.7. The van der Waals surface area contributed by atoms with Crippen molar-refractivity contribution in [2.45, 2.75) is 6.92 Å². The van der Waals surface area contributed by atoms with E-state index in [0.29, 0.717) is 4.47 Å². The molecule has 0 aliphatic rings. The molecule has 0 atom stereocenters. The van der Waals surface area contributed by atoms with E-state index in [1.165, 1.54) is 13.0 Å². The fourth-order valence-corrected chi connectivity index (χ4v) is 1.35. The predicted molar refractivity (Wildman–Crippen MR) is 56.5 cm³/mol. The molecule has 1 aromatic rings. The van der Waals surface area contributed by atoms with Gasteiger partial charge in [-0.25, -0.2) is 0 Å². The van der Waals surface area contributed by atoms with Crippen LogP contribution in [0, 0.1) is 10.1 Å². The number of benzene rings is 1. The van der Waals surface area contributed by atoms with Crippen molar-refractivity contribution in [3.8, 4) is 5.75 Å². The highest BCUT2D eigenvalue weighted by Gasteiger charge is 2.15. The number of nitrogen functional groups attached to an aromatic ring is 1. The zero-order valence-electron chi connectivity index (χ0n) is 7.69. The number of halogens is 1. The first kappa shape index (κ1) is 11.4. The van der Waals surface area contributed by atoms with Crippen molar-refractivity contribution in [1.82, 2.24) is 0 Å². The van der Waals surface area contributed by atoms with Crippen LogP contribution < -0.4 is 10.5 Å². The minimum atomic E-state index is -0.600. The summed E-state index contributed by atoms with van der Waals surface area (Å²) in [6.45, 7) is 1.19. The van der Waals surface area contributed by atoms with Crippen molar-refractivity contribution >= 4 is 33.3 Å². The topological polar surface area (TPSA) is 95.5 Å². The van der Waals surface area contributed by atoms with Crippen LogP contribution in [0.2, 0.25) is 0 Å². The van der Waals surface area contributed by atoms with Gasteiger partial charge in [-0.3, -0.25) is 14.9 Å². The van der Waals surface area contributed by atoms with Crippen LogP contribution in [0.3, 0.4) is 0 Å². The van der Waals surface area contributed by atoms with Gasteiger partial charge in [-0.2, -0.15) is 0 Å². The molecule has 0 spiro atoms. The minimum absolute atomic E-state index is 0.0245. The van der Waals surface area contributed by atoms with Crippen LogP contribution in [-0.4, -0.2) is 10.9 Å². The Morgan fingerprint density at radius 3 is 2.67 bits per heavy atom. The summed E-state index contributed by atoms with van der Waals surface area (Å²) in [7, 11) is 0. The summed E-state index contributed by atoms with van der Waals surface area (Å²) in [5, 5.41) is 10.5. The van der Waals surface area contributed by atoms with Gasteiger partial charge in [-0.05, 0) is 15.9 Å². The second-order valence-electron chi connectivity index (χ2n) is 2.69. The Morgan fingerprint density at radius 1 is 1.60 bits per heavy atom. The largest absolute Gasteiger partial charge is 0.424 e. The average Bonchev–Trinajstić information content (AvgIpc) is 2.11. The summed E-state index contributed by atoms with van der Waals surface area (Å²) in [6.07, 6.45) is 0. The monoisotopic (exact) mass is 274 g/mol. The number of esters is 1. The van der Waals surface area contributed by atoms with Crippen molar-refractivity contribution in [3.63, 3.8) is 0 Å². The zero-order chi connectivity index (χ0) is 11.6. The van der Waals surface area contributed by atoms with Crippen molar-refractivity contribution in [2.24, 2.45) is 0 Å². The third kappa shape index (κ3) is 2.66. The van der Waals surface area contributed by atoms with E-state index in [2.05, 4.69) is 15.9 Å². The summed E-state index contributed by atoms with van der Waals surface area (Å²) >= 11 is 3.03. The van der Waals surface area contributed by atoms with Crippen LogP contribution in [0.4, 0.5) is 11.4 Å². The lowest BCUT2D eigenvalue weighted by atomic mass is 10.2. The highest BCUT2D eigenvalue weighted by molar-refractivity contribution is 9.10. The smallest absolute Gasteiger partial charge is 0.308 e. The third-order valence-electron chi connectivity index (χ3n) is 1.54. The van der Waals surface area contributed by atoms with E-state index in [-0.39, 0.29) is 17.1 Å². The number of ether oxygens (including phenoxy) is 1. The Kier molecular flexibility index (Phi) is 3.25. The molecule has 0 radical (unpaired) electrons. The summed E-state index contributed by atoms with van der Waals surface area (Å²) in [5.41, 5.74) is 5.50. The average molecular weight is 275 g/mol. The normalized spacial score (nSPS) is 9.73. The SMILES string of the molecule is CC(=O)Oc1cc([N+](=O)[O-])cc(Br)c1N. The van der Waals surface area contributed by atoms with Gasteiger partial charge >= 0.3 is 5.97 Å². The number of carbonyl (C=O) groups is 1. The number of anilines is 1. The van der Waals surface area contributed by atoms with Gasteiger partial charge in [0.15, 0.2) is 5.75 Å². The van der Waals surface area contributed by atoms with E-state index < -0.39 is 10.9 Å². The van der Waals surface area contributed by atoms with Gasteiger partial charge in [-0.1, -0.05) is 0 Å². The standard InChI is InChI=1S/C8H7BrN2O4/c1-4(12)15-7-3-5(11(13)14)2-6(9)8(7)10/h2-3H,10H2,1H3. The van der Waals surface area contributed by atoms with Crippen LogP contribution >= 0.6 is 15.9 Å². The number of nitro groups is 1. The van der Waals surface area contributed by atoms with Gasteiger partial charge in [0, 0.05) is 13.0 Å². The van der Waals surface area contributed by atoms with Crippen LogP contribution in [-0.2, 0) is 4.79 Å². The Hall–Kier alpha value is -1.63. The second-order valence-corrected chi connectivity index (χ2v) is 3.54. The van der Waals surface area contributed by atoms with Crippen LogP contribution in [0.5, 0.6) is 5.75 Å². The zero-order valence-corrected chi connectivity index (χ0v) is 9.28. The van der Waals surface area contributed by atoms with Crippen molar-refractivity contribution in [3.05, 3.63) is 26.7 Å². The lowest BCUT2D eigenvalue weighted by Gasteiger charge is -2.06. The summed E-state index contributed by atoms with van der Waals surface area (Å²) in [4.78, 5) is 20.6. The molecule has 0 fully saturated rings. The molecule has 0 saturated carbocycles. The number of rotatable bonds is 2. The summed E-state index contributed by atoms with van der Waals surface area (Å²) in [6, 6.07) is 2.34. The van der Waals surface area contributed by atoms with E-state index in [9.17, 15) is 14.9 Å². The lowest BCUT2D eigenvalue weighted by Crippen LogP contribution is -2.05. The number of nitro benzene ring substituents is 1. The summed E-state index contributed by atoms with van der Waals surface area (Å²) in [5.74, 6) is -0.613. The van der Waals surface area contributed by atoms with Crippen LogP contribution in [0.1, 0.15) is 6.92 Å². The van der Waals surface area contributed by atoms with Gasteiger partial charge in [0.1, 0.15) is 0 Å². The maximum Gasteiger partial charge on any atom is 0.308 e. The number of nitrogens with two attached hydrogens (primary N) is 1. The Morgan fingerprint density at radius 2 is 2.20 bits per heavy atom. The number of non-ortho nitro benzene ring substituents is 1. The first-order valence-corrected chi connectivity index (χ1v) is 4.63. The van der Waals surface area contributed by atoms with Gasteiger partial charge in [0.25, 0.3) is 5.69 Å². The molecule has 0 aliphatic heterocycles. The Balaban J connectivity index is 3.24. The van der Waals surface area contributed by atoms with E-state index in [0.717, 1.165) is 6.07 Å². The van der Waals surface area contributed by atoms with Gasteiger partial charge in [0.05, 0.1) is 21.1 Å². The van der Waals surface area contributed by atoms with E-state index in [1.54, 1.807) is 0 Å². The van der Waals surface area contributed by atoms with Crippen LogP contribution in [0.25, 0.3) is 0 Å². The first-order chi connectivity index (χ1) is 6.91. The molecule has 7 heteroatoms. The van der Waals surface area contributed by atoms with Gasteiger partial charge in [-0.15, -0.1) is 0 Å². The number of hydrogen-bond acceptors (Lipinski definition) is 5. The molecular formula is C8H7BrN2O4. The minimum Gasteiger partial charge on any atom is -0.424 e. The maximum absolute atomic E-state index is 10.7. The number of nitrogens with zero attached hydrogens (tertiary/aromatic N) is 1. The van der Waals surface area contributed by atoms with Gasteiger partial charge < -0.3 is 10.5 Å². The molecule has 0 aliphatic carbocycles. The second kappa shape index (κ2) is 4.26. The first-order valence-electron chi connectivity index (χ1n) is 3.83. The molecule has 0 saturated heterocycles. The molecule has 0 unspecified atom stereocenters. The molecule has 0 bridgehead atoms. The van der Waals surface area contributed by atoms with Gasteiger partial charge in [0.2, 0.25) is 0 Å². The molecule has 1 rings (SSSR count). The molecule has 0 aromatic heterocycles. The van der Waals surface area contributed by atoms with Crippen molar-refractivity contribution < 1.29 is 14.5 Å². The molecule has 6 nitrogen and oxygen atoms in total. The van der Waals surface area contributed by atoms with E-state index >= 15 is 0 Å². The Bertz CT molecular complexity index is 433. The molecule has 80 valence electrons. The molecular weight excluding hydrogens is 268 g/mol. The fourth-order valence-electron chi connectivity index (χ4n) is 0.924. The van der Waals surface area contributed by atoms with Crippen molar-refractivity contribution in [1.29, 1.82) is 0 Å². The molecule has 2 N–H and O–H groups in total. The van der Waals surface area contributed by atoms with Crippen molar-refractivity contribution in [2.75, 3.05) is 5.73 Å². The highest BCUT2D eigenvalue weighted by atomic mass is 79.9. The number of carbonyl (C=O) groups excluding carboxylic acids is 1. The predicted octanol–water partition coefficient (Wildman–Crippen LogP) is 1.86. The molecule has 0 amide bonds.